The van der Waals surface area contributed by atoms with E-state index in [-0.39, 0.29) is 11.2 Å². The monoisotopic (exact) mass is 234 g/mol. The van der Waals surface area contributed by atoms with Crippen molar-refractivity contribution >= 4 is 11.3 Å². The number of halogens is 1. The van der Waals surface area contributed by atoms with E-state index in [0.29, 0.717) is 0 Å². The largest absolute Gasteiger partial charge is 0.207 e. The van der Waals surface area contributed by atoms with Gasteiger partial charge in [0, 0.05) is 0 Å². The second-order valence-corrected chi connectivity index (χ2v) is 5.73. The first kappa shape index (κ1) is 11.3. The van der Waals surface area contributed by atoms with Gasteiger partial charge in [-0.25, -0.2) is 4.39 Å². The summed E-state index contributed by atoms with van der Waals surface area (Å²) in [5.41, 5.74) is 3.33. The van der Waals surface area contributed by atoms with Crippen molar-refractivity contribution in [3.05, 3.63) is 46.4 Å². The Bertz CT molecular complexity index is 478. The molecule has 0 spiro atoms. The number of rotatable bonds is 1. The normalized spacial score (nSPS) is 11.8. The molecule has 0 nitrogen and oxygen atoms in total. The van der Waals surface area contributed by atoms with Gasteiger partial charge in [0.25, 0.3) is 0 Å². The van der Waals surface area contributed by atoms with Crippen molar-refractivity contribution in [1.29, 1.82) is 0 Å². The van der Waals surface area contributed by atoms with Crippen LogP contribution in [-0.4, -0.2) is 0 Å². The summed E-state index contributed by atoms with van der Waals surface area (Å²) in [7, 11) is 0. The highest BCUT2D eigenvalue weighted by molar-refractivity contribution is 7.08. The van der Waals surface area contributed by atoms with Crippen molar-refractivity contribution in [1.82, 2.24) is 0 Å². The molecule has 1 heterocycles. The fraction of sp³-hybridized carbons (Fsp3) is 0.286. The molecule has 0 aliphatic heterocycles. The second kappa shape index (κ2) is 4.02. The highest BCUT2D eigenvalue weighted by atomic mass is 32.1. The standard InChI is InChI=1S/C14H15FS/c1-14(2,3)13-5-4-11(15)8-12(13)10-6-7-16-9-10/h4-9H,1-3H3. The van der Waals surface area contributed by atoms with Crippen LogP contribution in [-0.2, 0) is 5.41 Å². The minimum absolute atomic E-state index is 0.0327. The molecular weight excluding hydrogens is 219 g/mol. The summed E-state index contributed by atoms with van der Waals surface area (Å²) in [6.07, 6.45) is 0. The highest BCUT2D eigenvalue weighted by Crippen LogP contribution is 2.34. The van der Waals surface area contributed by atoms with Crippen molar-refractivity contribution in [3.8, 4) is 11.1 Å². The highest BCUT2D eigenvalue weighted by Gasteiger charge is 2.19. The Balaban J connectivity index is 2.63. The van der Waals surface area contributed by atoms with Crippen molar-refractivity contribution in [2.24, 2.45) is 0 Å². The third kappa shape index (κ3) is 2.17. The number of hydrogen-bond donors (Lipinski definition) is 0. The van der Waals surface area contributed by atoms with Gasteiger partial charge in [0.2, 0.25) is 0 Å². The van der Waals surface area contributed by atoms with E-state index in [2.05, 4.69) is 26.2 Å². The first-order valence-corrected chi connectivity index (χ1v) is 6.25. The zero-order valence-electron chi connectivity index (χ0n) is 9.75. The Hall–Kier alpha value is -1.15. The third-order valence-electron chi connectivity index (χ3n) is 2.62. The summed E-state index contributed by atoms with van der Waals surface area (Å²) in [5.74, 6) is -0.172. The van der Waals surface area contributed by atoms with E-state index in [4.69, 9.17) is 0 Å². The van der Waals surface area contributed by atoms with Gasteiger partial charge in [0.05, 0.1) is 0 Å². The molecule has 0 saturated heterocycles. The maximum absolute atomic E-state index is 13.3. The molecule has 0 atom stereocenters. The van der Waals surface area contributed by atoms with E-state index in [1.54, 1.807) is 17.4 Å². The van der Waals surface area contributed by atoms with Gasteiger partial charge < -0.3 is 0 Å². The molecule has 2 rings (SSSR count). The molecule has 0 aliphatic carbocycles. The van der Waals surface area contributed by atoms with Crippen LogP contribution < -0.4 is 0 Å². The molecule has 0 unspecified atom stereocenters. The summed E-state index contributed by atoms with van der Waals surface area (Å²) in [4.78, 5) is 0. The first-order valence-electron chi connectivity index (χ1n) is 5.31. The molecule has 0 N–H and O–H groups in total. The fourth-order valence-corrected chi connectivity index (χ4v) is 2.48. The van der Waals surface area contributed by atoms with Crippen LogP contribution in [0.4, 0.5) is 4.39 Å². The molecule has 0 aliphatic rings. The summed E-state index contributed by atoms with van der Waals surface area (Å²) >= 11 is 1.64. The van der Waals surface area contributed by atoms with Crippen LogP contribution >= 0.6 is 11.3 Å². The molecular formula is C14H15FS. The van der Waals surface area contributed by atoms with Crippen LogP contribution in [0.5, 0.6) is 0 Å². The van der Waals surface area contributed by atoms with E-state index in [0.717, 1.165) is 11.1 Å². The van der Waals surface area contributed by atoms with Gasteiger partial charge in [-0.05, 0) is 51.1 Å². The predicted molar refractivity (Wildman–Crippen MR) is 68.4 cm³/mol. The average Bonchev–Trinajstić information content (AvgIpc) is 2.68. The fourth-order valence-electron chi connectivity index (χ4n) is 1.83. The average molecular weight is 234 g/mol. The van der Waals surface area contributed by atoms with E-state index in [9.17, 15) is 4.39 Å². The predicted octanol–water partition coefficient (Wildman–Crippen LogP) is 4.85. The van der Waals surface area contributed by atoms with Crippen LogP contribution in [0.2, 0.25) is 0 Å². The van der Waals surface area contributed by atoms with Crippen molar-refractivity contribution < 1.29 is 4.39 Å². The number of benzene rings is 1. The van der Waals surface area contributed by atoms with Crippen molar-refractivity contribution in [2.75, 3.05) is 0 Å². The topological polar surface area (TPSA) is 0 Å². The summed E-state index contributed by atoms with van der Waals surface area (Å²) in [6.45, 7) is 6.45. The molecule has 0 bridgehead atoms. The minimum Gasteiger partial charge on any atom is -0.207 e. The lowest BCUT2D eigenvalue weighted by Gasteiger charge is -2.22. The molecule has 0 amide bonds. The molecule has 0 radical (unpaired) electrons. The lowest BCUT2D eigenvalue weighted by molar-refractivity contribution is 0.585. The molecule has 1 aromatic carbocycles. The van der Waals surface area contributed by atoms with Gasteiger partial charge in [-0.15, -0.1) is 0 Å². The summed E-state index contributed by atoms with van der Waals surface area (Å²) < 4.78 is 13.3. The Labute approximate surface area is 99.8 Å². The van der Waals surface area contributed by atoms with Crippen LogP contribution in [0.25, 0.3) is 11.1 Å². The maximum atomic E-state index is 13.3. The Morgan fingerprint density at radius 3 is 2.44 bits per heavy atom. The van der Waals surface area contributed by atoms with Crippen molar-refractivity contribution in [3.63, 3.8) is 0 Å². The molecule has 0 fully saturated rings. The van der Waals surface area contributed by atoms with Gasteiger partial charge in [-0.1, -0.05) is 26.8 Å². The molecule has 2 aromatic rings. The molecule has 2 heteroatoms. The summed E-state index contributed by atoms with van der Waals surface area (Å²) in [5, 5.41) is 4.08. The Kier molecular flexibility index (Phi) is 2.85. The van der Waals surface area contributed by atoms with Crippen molar-refractivity contribution in [2.45, 2.75) is 26.2 Å². The Morgan fingerprint density at radius 2 is 1.88 bits per heavy atom. The van der Waals surface area contributed by atoms with E-state index in [1.165, 1.54) is 11.6 Å². The maximum Gasteiger partial charge on any atom is 0.123 e. The van der Waals surface area contributed by atoms with E-state index >= 15 is 0 Å². The smallest absolute Gasteiger partial charge is 0.123 e. The molecule has 1 aromatic heterocycles. The quantitative estimate of drug-likeness (QED) is 0.661. The van der Waals surface area contributed by atoms with Crippen LogP contribution in [0.15, 0.2) is 35.0 Å². The van der Waals surface area contributed by atoms with Gasteiger partial charge in [0.1, 0.15) is 5.82 Å². The van der Waals surface area contributed by atoms with Crippen LogP contribution in [0, 0.1) is 5.82 Å². The Morgan fingerprint density at radius 1 is 1.12 bits per heavy atom. The zero-order chi connectivity index (χ0) is 11.8. The van der Waals surface area contributed by atoms with Gasteiger partial charge in [-0.3, -0.25) is 0 Å². The van der Waals surface area contributed by atoms with Gasteiger partial charge >= 0.3 is 0 Å². The molecule has 84 valence electrons. The lowest BCUT2D eigenvalue weighted by atomic mass is 9.82. The SMILES string of the molecule is CC(C)(C)c1ccc(F)cc1-c1ccsc1. The molecule has 0 saturated carbocycles. The molecule has 16 heavy (non-hydrogen) atoms. The minimum atomic E-state index is -0.172. The van der Waals surface area contributed by atoms with Gasteiger partial charge in [-0.2, -0.15) is 11.3 Å². The van der Waals surface area contributed by atoms with Crippen LogP contribution in [0.1, 0.15) is 26.3 Å². The van der Waals surface area contributed by atoms with Gasteiger partial charge in [0.15, 0.2) is 0 Å². The van der Waals surface area contributed by atoms with E-state index < -0.39 is 0 Å². The second-order valence-electron chi connectivity index (χ2n) is 4.95. The first-order chi connectivity index (χ1) is 7.48. The lowest BCUT2D eigenvalue weighted by Crippen LogP contribution is -2.12. The summed E-state index contributed by atoms with van der Waals surface area (Å²) in [6, 6.07) is 7.09. The number of thiophene rings is 1. The zero-order valence-corrected chi connectivity index (χ0v) is 10.6. The number of hydrogen-bond acceptors (Lipinski definition) is 1. The van der Waals surface area contributed by atoms with E-state index in [1.807, 2.05) is 17.5 Å². The third-order valence-corrected chi connectivity index (χ3v) is 3.31. The van der Waals surface area contributed by atoms with Crippen LogP contribution in [0.3, 0.4) is 0 Å².